The van der Waals surface area contributed by atoms with Crippen molar-refractivity contribution < 1.29 is 31.9 Å². The summed E-state index contributed by atoms with van der Waals surface area (Å²) < 4.78 is 49.1. The van der Waals surface area contributed by atoms with E-state index in [4.69, 9.17) is 4.42 Å². The molecule has 0 radical (unpaired) electrons. The average molecular weight is 720 g/mol. The van der Waals surface area contributed by atoms with Crippen molar-refractivity contribution in [3.63, 3.8) is 0 Å². The molecule has 5 nitrogen and oxygen atoms in total. The maximum Gasteiger partial charge on any atom is 0.191 e. The summed E-state index contributed by atoms with van der Waals surface area (Å²) in [6.07, 6.45) is 1.55. The maximum absolute atomic E-state index is 12.9. The second kappa shape index (κ2) is 15.1. The molecule has 11 heteroatoms. The van der Waals surface area contributed by atoms with Crippen LogP contribution in [0.1, 0.15) is 33.5 Å². The Bertz CT molecular complexity index is 1430. The first-order chi connectivity index (χ1) is 17.9. The van der Waals surface area contributed by atoms with Crippen LogP contribution in [0.25, 0.3) is 11.3 Å². The lowest BCUT2D eigenvalue weighted by atomic mass is 10.1. The summed E-state index contributed by atoms with van der Waals surface area (Å²) in [6.45, 7) is 3.22. The fourth-order valence-corrected chi connectivity index (χ4v) is 3.89. The number of carbonyl (C=O) groups excluding carboxylic acids is 2. The molecule has 0 spiro atoms. The predicted molar refractivity (Wildman–Crippen MR) is 149 cm³/mol. The van der Waals surface area contributed by atoms with Gasteiger partial charge in [-0.2, -0.15) is 0 Å². The van der Waals surface area contributed by atoms with Gasteiger partial charge in [-0.15, -0.1) is 0 Å². The highest BCUT2D eigenvalue weighted by Gasteiger charge is 2.08. The van der Waals surface area contributed by atoms with Gasteiger partial charge in [0.05, 0.1) is 13.4 Å². The van der Waals surface area contributed by atoms with Crippen LogP contribution in [0.2, 0.25) is 0 Å². The van der Waals surface area contributed by atoms with Gasteiger partial charge in [-0.3, -0.25) is 9.59 Å². The molecule has 38 heavy (non-hydrogen) atoms. The first kappa shape index (κ1) is 31.6. The molecular weight excluding hydrogens is 699 g/mol. The zero-order valence-electron chi connectivity index (χ0n) is 20.3. The Labute approximate surface area is 242 Å². The summed E-state index contributed by atoms with van der Waals surface area (Å²) in [4.78, 5) is 26.1. The number of halogens is 6. The van der Waals surface area contributed by atoms with Gasteiger partial charge in [0.2, 0.25) is 0 Å². The molecule has 0 unspecified atom stereocenters. The Hall–Kier alpha value is -2.60. The molecule has 0 saturated carbocycles. The van der Waals surface area contributed by atoms with Gasteiger partial charge in [0, 0.05) is 30.7 Å². The van der Waals surface area contributed by atoms with Gasteiger partial charge in [0.1, 0.15) is 36.0 Å². The quantitative estimate of drug-likeness (QED) is 0.193. The maximum atomic E-state index is 12.9. The minimum Gasteiger partial charge on any atom is -0.449 e. The van der Waals surface area contributed by atoms with E-state index in [-0.39, 0.29) is 40.1 Å². The third-order valence-electron chi connectivity index (χ3n) is 4.68. The number of aryl methyl sites for hydroxylation is 1. The molecule has 0 aliphatic rings. The molecule has 4 aromatic rings. The van der Waals surface area contributed by atoms with E-state index in [0.29, 0.717) is 31.7 Å². The van der Waals surface area contributed by atoms with Crippen LogP contribution in [0.5, 0.6) is 0 Å². The number of benzene rings is 3. The van der Waals surface area contributed by atoms with Crippen LogP contribution in [-0.4, -0.2) is 30.3 Å². The van der Waals surface area contributed by atoms with Crippen molar-refractivity contribution in [3.8, 4) is 11.3 Å². The fraction of sp³-hybridized carbons (Fsp3) is 0.148. The van der Waals surface area contributed by atoms with E-state index in [2.05, 4.69) is 57.5 Å². The monoisotopic (exact) mass is 717 g/mol. The van der Waals surface area contributed by atoms with Crippen molar-refractivity contribution in [2.24, 2.45) is 0 Å². The lowest BCUT2D eigenvalue weighted by molar-refractivity contribution is 0.0847. The number of methoxy groups -OCH3 is 1. The number of aromatic nitrogens is 1. The minimum atomic E-state index is -0.381. The zero-order valence-corrected chi connectivity index (χ0v) is 25.1. The minimum absolute atomic E-state index is 0.0120. The van der Waals surface area contributed by atoms with E-state index in [0.717, 1.165) is 5.56 Å². The summed E-state index contributed by atoms with van der Waals surface area (Å²) in [5.41, 5.74) is 2.49. The molecule has 200 valence electrons. The number of hydrogen-bond acceptors (Lipinski definition) is 5. The van der Waals surface area contributed by atoms with Crippen molar-refractivity contribution >= 4 is 59.4 Å². The van der Waals surface area contributed by atoms with Gasteiger partial charge < -0.3 is 9.15 Å². The van der Waals surface area contributed by atoms with Crippen LogP contribution >= 0.6 is 47.8 Å². The normalized spacial score (nSPS) is 10.1. The first-order valence-electron chi connectivity index (χ1n) is 10.7. The molecule has 4 rings (SSSR count). The molecule has 1 aromatic heterocycles. The molecule has 3 aromatic carbocycles. The lowest BCUT2D eigenvalue weighted by Crippen LogP contribution is -2.06. The van der Waals surface area contributed by atoms with Gasteiger partial charge in [-0.05, 0) is 109 Å². The van der Waals surface area contributed by atoms with E-state index in [1.807, 2.05) is 0 Å². The molecule has 0 atom stereocenters. The van der Waals surface area contributed by atoms with Crippen molar-refractivity contribution in [1.29, 1.82) is 0 Å². The number of carbonyl (C=O) groups is 2. The van der Waals surface area contributed by atoms with Crippen molar-refractivity contribution in [1.82, 2.24) is 4.98 Å². The summed E-state index contributed by atoms with van der Waals surface area (Å²) >= 11 is 9.10. The van der Waals surface area contributed by atoms with E-state index >= 15 is 0 Å². The highest BCUT2D eigenvalue weighted by Crippen LogP contribution is 2.24. The highest BCUT2D eigenvalue weighted by atomic mass is 79.9. The van der Waals surface area contributed by atoms with E-state index in [9.17, 15) is 22.8 Å². The van der Waals surface area contributed by atoms with Gasteiger partial charge in [-0.25, -0.2) is 18.2 Å². The standard InChI is InChI=1S/C10H7BrFNO.C9H8BrFO2.C8H6BrFO/c1-6-13-10(5-14-6)7-2-3-9(12)8(11)4-7;1-13-5-9(12)6-2-3-8(11)7(10)4-6;1-5(11)6-2-3-8(10)7(9)4-6/h2-5H,1H3;2-4H,5H2,1H3;2-4H,1H3. The highest BCUT2D eigenvalue weighted by molar-refractivity contribution is 9.11. The molecule has 0 saturated heterocycles. The molecular formula is C27H21Br3F3NO4. The average Bonchev–Trinajstić information content (AvgIpc) is 3.31. The third-order valence-corrected chi connectivity index (χ3v) is 6.50. The van der Waals surface area contributed by atoms with Gasteiger partial charge in [0.25, 0.3) is 0 Å². The van der Waals surface area contributed by atoms with Gasteiger partial charge in [0.15, 0.2) is 17.5 Å². The number of ether oxygens (including phenoxy) is 1. The molecule has 0 N–H and O–H groups in total. The lowest BCUT2D eigenvalue weighted by Gasteiger charge is -2.00. The van der Waals surface area contributed by atoms with Crippen molar-refractivity contribution in [2.75, 3.05) is 13.7 Å². The Morgan fingerprint density at radius 1 is 0.842 bits per heavy atom. The SMILES string of the molecule is CC(=O)c1ccc(F)c(Br)c1.COCC(=O)c1ccc(F)c(Br)c1.Cc1nc(-c2ccc(F)c(Br)c2)co1. The van der Waals surface area contributed by atoms with Crippen molar-refractivity contribution in [2.45, 2.75) is 13.8 Å². The fourth-order valence-electron chi connectivity index (χ4n) is 2.75. The predicted octanol–water partition coefficient (Wildman–Crippen LogP) is 8.76. The van der Waals surface area contributed by atoms with Gasteiger partial charge >= 0.3 is 0 Å². The number of nitrogens with zero attached hydrogens (tertiary/aromatic N) is 1. The van der Waals surface area contributed by atoms with E-state index in [1.54, 1.807) is 25.3 Å². The molecule has 0 aliphatic carbocycles. The molecule has 0 fully saturated rings. The number of oxazole rings is 1. The third kappa shape index (κ3) is 9.61. The largest absolute Gasteiger partial charge is 0.449 e. The van der Waals surface area contributed by atoms with Crippen LogP contribution in [-0.2, 0) is 4.74 Å². The smallest absolute Gasteiger partial charge is 0.191 e. The number of hydrogen-bond donors (Lipinski definition) is 0. The van der Waals surface area contributed by atoms with Crippen LogP contribution in [0.3, 0.4) is 0 Å². The van der Waals surface area contributed by atoms with Crippen LogP contribution < -0.4 is 0 Å². The summed E-state index contributed by atoms with van der Waals surface area (Å²) in [5.74, 6) is -0.646. The molecule has 1 heterocycles. The van der Waals surface area contributed by atoms with E-state index < -0.39 is 0 Å². The Balaban J connectivity index is 0.000000202. The van der Waals surface area contributed by atoms with E-state index in [1.165, 1.54) is 56.5 Å². The topological polar surface area (TPSA) is 69.4 Å². The summed E-state index contributed by atoms with van der Waals surface area (Å²) in [6, 6.07) is 13.0. The van der Waals surface area contributed by atoms with Crippen molar-refractivity contribution in [3.05, 3.63) is 109 Å². The molecule has 0 amide bonds. The molecule has 0 aliphatic heterocycles. The van der Waals surface area contributed by atoms with Crippen LogP contribution in [0.4, 0.5) is 13.2 Å². The summed E-state index contributed by atoms with van der Waals surface area (Å²) in [7, 11) is 1.44. The summed E-state index contributed by atoms with van der Waals surface area (Å²) in [5, 5.41) is 0. The second-order valence-electron chi connectivity index (χ2n) is 7.55. The zero-order chi connectivity index (χ0) is 28.4. The molecule has 0 bridgehead atoms. The number of ketones is 2. The Morgan fingerprint density at radius 2 is 1.34 bits per heavy atom. The van der Waals surface area contributed by atoms with Crippen LogP contribution in [0, 0.1) is 24.4 Å². The van der Waals surface area contributed by atoms with Gasteiger partial charge in [-0.1, -0.05) is 0 Å². The number of rotatable bonds is 5. The Kier molecular flexibility index (Phi) is 12.6. The second-order valence-corrected chi connectivity index (χ2v) is 10.1. The number of Topliss-reactive ketones (excluding diaryl/α,β-unsaturated/α-hetero) is 2. The van der Waals surface area contributed by atoms with Crippen LogP contribution in [0.15, 0.2) is 78.7 Å². The first-order valence-corrected chi connectivity index (χ1v) is 13.1. The Morgan fingerprint density at radius 3 is 1.79 bits per heavy atom.